The lowest BCUT2D eigenvalue weighted by atomic mass is 9.94. The fourth-order valence-corrected chi connectivity index (χ4v) is 5.07. The number of carbonyl (C=O) groups is 3. The molecule has 4 aromatic rings. The van der Waals surface area contributed by atoms with Gasteiger partial charge in [-0.05, 0) is 54.8 Å². The Labute approximate surface area is 225 Å². The molecule has 202 valence electrons. The van der Waals surface area contributed by atoms with Crippen LogP contribution >= 0.6 is 0 Å². The van der Waals surface area contributed by atoms with E-state index >= 15 is 0 Å². The molecule has 0 radical (unpaired) electrons. The van der Waals surface area contributed by atoms with Crippen LogP contribution in [-0.2, 0) is 27.4 Å². The third-order valence-corrected chi connectivity index (χ3v) is 7.09. The van der Waals surface area contributed by atoms with E-state index in [1.165, 1.54) is 23.0 Å². The molecule has 0 bridgehead atoms. The van der Waals surface area contributed by atoms with Crippen LogP contribution in [0, 0.1) is 0 Å². The smallest absolute Gasteiger partial charge is 0.337 e. The van der Waals surface area contributed by atoms with E-state index in [1.807, 2.05) is 24.3 Å². The molecule has 39 heavy (non-hydrogen) atoms. The minimum atomic E-state index is -0.967. The minimum absolute atomic E-state index is 0.0444. The average Bonchev–Trinajstić information content (AvgIpc) is 3.63. The maximum absolute atomic E-state index is 14.0. The van der Waals surface area contributed by atoms with Crippen LogP contribution in [0.15, 0.2) is 71.3 Å². The van der Waals surface area contributed by atoms with E-state index in [-0.39, 0.29) is 30.9 Å². The summed E-state index contributed by atoms with van der Waals surface area (Å²) in [6, 6.07) is 16.5. The van der Waals surface area contributed by atoms with Gasteiger partial charge in [-0.15, -0.1) is 5.10 Å². The SMILES string of the molecule is COC(=O)c1ccc(C(C(=O)NC2CCCCC2)N(Cc2ccco2)C(=O)Cn2nnc3ccccc32)cc1. The van der Waals surface area contributed by atoms with E-state index in [0.29, 0.717) is 22.4 Å². The molecule has 1 fully saturated rings. The zero-order valence-electron chi connectivity index (χ0n) is 21.8. The van der Waals surface area contributed by atoms with E-state index < -0.39 is 12.0 Å². The van der Waals surface area contributed by atoms with Gasteiger partial charge in [0.1, 0.15) is 23.9 Å². The molecule has 1 unspecified atom stereocenters. The summed E-state index contributed by atoms with van der Waals surface area (Å²) in [4.78, 5) is 41.4. The van der Waals surface area contributed by atoms with Gasteiger partial charge in [-0.25, -0.2) is 9.48 Å². The monoisotopic (exact) mass is 529 g/mol. The van der Waals surface area contributed by atoms with Crippen LogP contribution in [0.4, 0.5) is 0 Å². The second-order valence-electron chi connectivity index (χ2n) is 9.70. The summed E-state index contributed by atoms with van der Waals surface area (Å²) in [5.74, 6) is -0.557. The fourth-order valence-electron chi connectivity index (χ4n) is 5.07. The number of rotatable bonds is 9. The van der Waals surface area contributed by atoms with Crippen LogP contribution in [0.25, 0.3) is 11.0 Å². The van der Waals surface area contributed by atoms with E-state index in [4.69, 9.17) is 9.15 Å². The number of para-hydroxylation sites is 1. The zero-order valence-corrected chi connectivity index (χ0v) is 21.8. The van der Waals surface area contributed by atoms with Crippen LogP contribution in [0.2, 0.25) is 0 Å². The van der Waals surface area contributed by atoms with Gasteiger partial charge in [-0.1, -0.05) is 48.7 Å². The van der Waals surface area contributed by atoms with Crippen LogP contribution in [-0.4, -0.2) is 50.8 Å². The molecule has 0 saturated heterocycles. The van der Waals surface area contributed by atoms with Crippen LogP contribution in [0.1, 0.15) is 59.8 Å². The number of aromatic nitrogens is 3. The summed E-state index contributed by atoms with van der Waals surface area (Å²) in [5.41, 5.74) is 2.31. The number of hydrogen-bond acceptors (Lipinski definition) is 7. The summed E-state index contributed by atoms with van der Waals surface area (Å²) < 4.78 is 11.9. The molecule has 0 spiro atoms. The Kier molecular flexibility index (Phi) is 8.00. The molecule has 2 aromatic heterocycles. The summed E-state index contributed by atoms with van der Waals surface area (Å²) in [7, 11) is 1.31. The van der Waals surface area contributed by atoms with Crippen molar-refractivity contribution in [1.29, 1.82) is 0 Å². The highest BCUT2D eigenvalue weighted by atomic mass is 16.5. The molecule has 5 rings (SSSR count). The van der Waals surface area contributed by atoms with E-state index in [1.54, 1.807) is 36.4 Å². The Morgan fingerprint density at radius 2 is 1.82 bits per heavy atom. The number of nitrogens with zero attached hydrogens (tertiary/aromatic N) is 4. The molecule has 1 N–H and O–H groups in total. The number of fused-ring (bicyclic) bond motifs is 1. The van der Waals surface area contributed by atoms with Crippen LogP contribution in [0.3, 0.4) is 0 Å². The van der Waals surface area contributed by atoms with Gasteiger partial charge >= 0.3 is 5.97 Å². The van der Waals surface area contributed by atoms with E-state index in [9.17, 15) is 14.4 Å². The highest BCUT2D eigenvalue weighted by Gasteiger charge is 2.34. The van der Waals surface area contributed by atoms with Gasteiger partial charge in [0, 0.05) is 6.04 Å². The van der Waals surface area contributed by atoms with Gasteiger partial charge in [0.2, 0.25) is 11.8 Å². The third-order valence-electron chi connectivity index (χ3n) is 7.09. The number of amides is 2. The van der Waals surface area contributed by atoms with Gasteiger partial charge in [0.15, 0.2) is 0 Å². The van der Waals surface area contributed by atoms with Crippen LogP contribution < -0.4 is 5.32 Å². The lowest BCUT2D eigenvalue weighted by Crippen LogP contribution is -2.47. The number of esters is 1. The predicted molar refractivity (Wildman–Crippen MR) is 142 cm³/mol. The lowest BCUT2D eigenvalue weighted by Gasteiger charge is -2.33. The van der Waals surface area contributed by atoms with Crippen molar-refractivity contribution in [2.24, 2.45) is 0 Å². The molecule has 1 atom stereocenters. The number of methoxy groups -OCH3 is 1. The van der Waals surface area contributed by atoms with Crippen molar-refractivity contribution >= 4 is 28.8 Å². The first-order chi connectivity index (χ1) is 19.0. The largest absolute Gasteiger partial charge is 0.467 e. The first kappa shape index (κ1) is 26.1. The summed E-state index contributed by atoms with van der Waals surface area (Å²) in [5, 5.41) is 11.5. The summed E-state index contributed by atoms with van der Waals surface area (Å²) in [6.07, 6.45) is 6.59. The molecule has 1 aliphatic carbocycles. The molecule has 0 aliphatic heterocycles. The predicted octanol–water partition coefficient (Wildman–Crippen LogP) is 4.03. The first-order valence-corrected chi connectivity index (χ1v) is 13.1. The number of hydrogen-bond donors (Lipinski definition) is 1. The van der Waals surface area contributed by atoms with Gasteiger partial charge in [0.25, 0.3) is 0 Å². The van der Waals surface area contributed by atoms with Crippen molar-refractivity contribution in [1.82, 2.24) is 25.2 Å². The molecular formula is C29H31N5O5. The minimum Gasteiger partial charge on any atom is -0.467 e. The summed E-state index contributed by atoms with van der Waals surface area (Å²) in [6.45, 7) is -0.0470. The Bertz CT molecular complexity index is 1420. The van der Waals surface area contributed by atoms with E-state index in [0.717, 1.165) is 37.6 Å². The first-order valence-electron chi connectivity index (χ1n) is 13.1. The number of furan rings is 1. The van der Waals surface area contributed by atoms with Gasteiger partial charge < -0.3 is 19.4 Å². The lowest BCUT2D eigenvalue weighted by molar-refractivity contribution is -0.142. The Morgan fingerprint density at radius 1 is 1.05 bits per heavy atom. The third kappa shape index (κ3) is 6.00. The molecule has 10 heteroatoms. The number of ether oxygens (including phenoxy) is 1. The second kappa shape index (κ2) is 11.9. The molecule has 10 nitrogen and oxygen atoms in total. The number of benzene rings is 2. The maximum Gasteiger partial charge on any atom is 0.337 e. The Morgan fingerprint density at radius 3 is 2.54 bits per heavy atom. The molecule has 2 heterocycles. The molecule has 1 aliphatic rings. The van der Waals surface area contributed by atoms with Crippen molar-refractivity contribution in [3.8, 4) is 0 Å². The average molecular weight is 530 g/mol. The molecular weight excluding hydrogens is 498 g/mol. The van der Waals surface area contributed by atoms with Crippen molar-refractivity contribution in [3.05, 3.63) is 83.8 Å². The highest BCUT2D eigenvalue weighted by Crippen LogP contribution is 2.27. The van der Waals surface area contributed by atoms with Gasteiger partial charge in [0.05, 0.1) is 31.0 Å². The molecule has 2 aromatic carbocycles. The Balaban J connectivity index is 1.51. The quantitative estimate of drug-likeness (QED) is 0.325. The topological polar surface area (TPSA) is 120 Å². The zero-order chi connectivity index (χ0) is 27.2. The second-order valence-corrected chi connectivity index (χ2v) is 9.70. The van der Waals surface area contributed by atoms with Crippen molar-refractivity contribution in [2.75, 3.05) is 7.11 Å². The summed E-state index contributed by atoms with van der Waals surface area (Å²) >= 11 is 0. The number of carbonyl (C=O) groups excluding carboxylic acids is 3. The van der Waals surface area contributed by atoms with Crippen molar-refractivity contribution in [3.63, 3.8) is 0 Å². The fraction of sp³-hybridized carbons (Fsp3) is 0.345. The van der Waals surface area contributed by atoms with Gasteiger partial charge in [-0.2, -0.15) is 0 Å². The van der Waals surface area contributed by atoms with Crippen molar-refractivity contribution < 1.29 is 23.5 Å². The van der Waals surface area contributed by atoms with Crippen molar-refractivity contribution in [2.45, 2.75) is 57.3 Å². The standard InChI is InChI=1S/C29H31N5O5/c1-38-29(37)21-15-13-20(14-16-21)27(28(36)30-22-8-3-2-4-9-22)33(18-23-10-7-17-39-23)26(35)19-34-25-12-6-5-11-24(25)31-32-34/h5-7,10-17,22,27H,2-4,8-9,18-19H2,1H3,(H,30,36). The Hall–Kier alpha value is -4.47. The molecule has 2 amide bonds. The maximum atomic E-state index is 14.0. The van der Waals surface area contributed by atoms with Crippen LogP contribution in [0.5, 0.6) is 0 Å². The highest BCUT2D eigenvalue weighted by molar-refractivity contribution is 5.91. The normalized spacial score (nSPS) is 14.6. The van der Waals surface area contributed by atoms with Gasteiger partial charge in [-0.3, -0.25) is 9.59 Å². The molecule has 1 saturated carbocycles. The number of nitrogens with one attached hydrogen (secondary N) is 1. The van der Waals surface area contributed by atoms with E-state index in [2.05, 4.69) is 15.6 Å².